The number of nitro groups is 1. The smallest absolute Gasteiger partial charge is 0.293 e. The summed E-state index contributed by atoms with van der Waals surface area (Å²) in [5.41, 5.74) is 1.22. The first kappa shape index (κ1) is 19.8. The zero-order valence-electron chi connectivity index (χ0n) is 14.7. The monoisotopic (exact) mass is 417 g/mol. The van der Waals surface area contributed by atoms with E-state index in [1.54, 1.807) is 36.5 Å². The fourth-order valence-electron chi connectivity index (χ4n) is 2.73. The number of hydrogen-bond acceptors (Lipinski definition) is 6. The number of halogens is 1. The van der Waals surface area contributed by atoms with Crippen molar-refractivity contribution in [1.29, 1.82) is 0 Å². The molecule has 0 aliphatic heterocycles. The third-order valence-corrected chi connectivity index (χ3v) is 5.40. The molecule has 0 spiro atoms. The third kappa shape index (κ3) is 4.47. The molecule has 0 saturated heterocycles. The van der Waals surface area contributed by atoms with Gasteiger partial charge in [0, 0.05) is 23.5 Å². The number of nitrogens with zero attached hydrogens (tertiary/aromatic N) is 2. The van der Waals surface area contributed by atoms with Crippen LogP contribution in [0.5, 0.6) is 0 Å². The van der Waals surface area contributed by atoms with Crippen LogP contribution in [0.1, 0.15) is 17.3 Å². The van der Waals surface area contributed by atoms with Crippen molar-refractivity contribution in [3.8, 4) is 0 Å². The molecular formula is C19H16ClN3O4S. The maximum Gasteiger partial charge on any atom is 0.293 e. The molecule has 1 aromatic heterocycles. The van der Waals surface area contributed by atoms with Crippen LogP contribution in [0.4, 0.5) is 11.4 Å². The van der Waals surface area contributed by atoms with Crippen LogP contribution in [-0.4, -0.2) is 24.6 Å². The molecule has 0 aliphatic carbocycles. The molecule has 1 heterocycles. The van der Waals surface area contributed by atoms with Gasteiger partial charge in [-0.05, 0) is 42.0 Å². The summed E-state index contributed by atoms with van der Waals surface area (Å²) >= 11 is 6.11. The number of aromatic nitrogens is 1. The first-order valence-electron chi connectivity index (χ1n) is 8.17. The van der Waals surface area contributed by atoms with E-state index in [0.29, 0.717) is 10.7 Å². The second kappa shape index (κ2) is 7.95. The molecule has 0 fully saturated rings. The van der Waals surface area contributed by atoms with Gasteiger partial charge < -0.3 is 5.32 Å². The molecule has 1 unspecified atom stereocenters. The highest BCUT2D eigenvalue weighted by Gasteiger charge is 2.23. The summed E-state index contributed by atoms with van der Waals surface area (Å²) in [6, 6.07) is 15.7. The minimum Gasteiger partial charge on any atom is -0.367 e. The van der Waals surface area contributed by atoms with Gasteiger partial charge in [0.25, 0.3) is 5.69 Å². The van der Waals surface area contributed by atoms with Gasteiger partial charge in [-0.15, -0.1) is 0 Å². The lowest BCUT2D eigenvalue weighted by molar-refractivity contribution is -0.384. The predicted molar refractivity (Wildman–Crippen MR) is 107 cm³/mol. The van der Waals surface area contributed by atoms with Crippen molar-refractivity contribution < 1.29 is 13.3 Å². The third-order valence-electron chi connectivity index (χ3n) is 4.06. The van der Waals surface area contributed by atoms with Gasteiger partial charge in [0.1, 0.15) is 5.69 Å². The van der Waals surface area contributed by atoms with E-state index >= 15 is 0 Å². The van der Waals surface area contributed by atoms with E-state index in [1.165, 1.54) is 12.1 Å². The van der Waals surface area contributed by atoms with Crippen LogP contribution < -0.4 is 5.32 Å². The summed E-state index contributed by atoms with van der Waals surface area (Å²) in [5, 5.41) is 15.2. The highest BCUT2D eigenvalue weighted by Crippen LogP contribution is 2.33. The number of nitrogens with one attached hydrogen (secondary N) is 1. The Hall–Kier alpha value is -2.97. The van der Waals surface area contributed by atoms with Crippen molar-refractivity contribution in [2.75, 3.05) is 11.6 Å². The summed E-state index contributed by atoms with van der Waals surface area (Å²) in [4.78, 5) is 15.1. The summed E-state index contributed by atoms with van der Waals surface area (Å²) in [7, 11) is -3.58. The highest BCUT2D eigenvalue weighted by molar-refractivity contribution is 7.90. The van der Waals surface area contributed by atoms with Crippen LogP contribution in [-0.2, 0) is 9.84 Å². The van der Waals surface area contributed by atoms with Crippen LogP contribution in [0.2, 0.25) is 5.02 Å². The normalized spacial score (nSPS) is 12.4. The number of sulfone groups is 1. The Balaban J connectivity index is 2.10. The van der Waals surface area contributed by atoms with Crippen LogP contribution in [0.3, 0.4) is 0 Å². The van der Waals surface area contributed by atoms with Crippen LogP contribution in [0.25, 0.3) is 0 Å². The molecular weight excluding hydrogens is 402 g/mol. The minimum absolute atomic E-state index is 0.123. The van der Waals surface area contributed by atoms with Gasteiger partial charge in [-0.3, -0.25) is 15.1 Å². The van der Waals surface area contributed by atoms with Gasteiger partial charge in [0.15, 0.2) is 9.84 Å². The molecule has 28 heavy (non-hydrogen) atoms. The Morgan fingerprint density at radius 3 is 2.50 bits per heavy atom. The molecule has 0 saturated carbocycles. The van der Waals surface area contributed by atoms with Gasteiger partial charge >= 0.3 is 0 Å². The molecule has 3 aromatic rings. The van der Waals surface area contributed by atoms with Gasteiger partial charge in [0.05, 0.1) is 21.6 Å². The summed E-state index contributed by atoms with van der Waals surface area (Å²) in [5.74, 6) is 0. The Morgan fingerprint density at radius 2 is 1.89 bits per heavy atom. The molecule has 1 atom stereocenters. The van der Waals surface area contributed by atoms with Gasteiger partial charge in [-0.2, -0.15) is 0 Å². The second-order valence-electron chi connectivity index (χ2n) is 6.10. The van der Waals surface area contributed by atoms with E-state index in [-0.39, 0.29) is 16.3 Å². The van der Waals surface area contributed by atoms with Crippen LogP contribution in [0, 0.1) is 10.1 Å². The topological polar surface area (TPSA) is 102 Å². The Kier molecular flexibility index (Phi) is 5.62. The number of rotatable bonds is 6. The molecule has 0 amide bonds. The standard InChI is InChI=1S/C19H16ClN3O4S/c1-28(26,27)15-8-9-16(18(12-15)23(24)25)22-19(17-7-2-3-10-21-17)13-5-4-6-14(20)11-13/h2-12,19,22H,1H3. The van der Waals surface area contributed by atoms with Gasteiger partial charge in [-0.25, -0.2) is 8.42 Å². The fraction of sp³-hybridized carbons (Fsp3) is 0.105. The summed E-state index contributed by atoms with van der Waals surface area (Å²) in [6.07, 6.45) is 2.62. The van der Waals surface area contributed by atoms with Crippen molar-refractivity contribution >= 4 is 32.8 Å². The lowest BCUT2D eigenvalue weighted by atomic mass is 10.0. The van der Waals surface area contributed by atoms with Crippen molar-refractivity contribution in [2.24, 2.45) is 0 Å². The maximum absolute atomic E-state index is 11.8. The lowest BCUT2D eigenvalue weighted by Gasteiger charge is -2.20. The Morgan fingerprint density at radius 1 is 1.11 bits per heavy atom. The molecule has 1 N–H and O–H groups in total. The molecule has 3 rings (SSSR count). The van der Waals surface area contributed by atoms with E-state index in [1.807, 2.05) is 12.1 Å². The zero-order chi connectivity index (χ0) is 20.3. The Labute approximate surface area is 167 Å². The van der Waals surface area contributed by atoms with Gasteiger partial charge in [-0.1, -0.05) is 29.8 Å². The number of pyridine rings is 1. The molecule has 9 heteroatoms. The average molecular weight is 418 g/mol. The van der Waals surface area contributed by atoms with Crippen molar-refractivity contribution in [3.05, 3.63) is 93.3 Å². The van der Waals surface area contributed by atoms with E-state index in [4.69, 9.17) is 11.6 Å². The largest absolute Gasteiger partial charge is 0.367 e. The molecule has 2 aromatic carbocycles. The summed E-state index contributed by atoms with van der Waals surface area (Å²) in [6.45, 7) is 0. The average Bonchev–Trinajstić information content (AvgIpc) is 2.66. The molecule has 7 nitrogen and oxygen atoms in total. The molecule has 144 valence electrons. The van der Waals surface area contributed by atoms with E-state index in [2.05, 4.69) is 10.3 Å². The van der Waals surface area contributed by atoms with Crippen molar-refractivity contribution in [2.45, 2.75) is 10.9 Å². The first-order chi connectivity index (χ1) is 13.3. The molecule has 0 aliphatic rings. The number of anilines is 1. The SMILES string of the molecule is CS(=O)(=O)c1ccc(NC(c2cccc(Cl)c2)c2ccccn2)c([N+](=O)[O-])c1. The van der Waals surface area contributed by atoms with Crippen molar-refractivity contribution in [1.82, 2.24) is 4.98 Å². The minimum atomic E-state index is -3.58. The predicted octanol–water partition coefficient (Wildman–Crippen LogP) is 4.25. The van der Waals surface area contributed by atoms with Gasteiger partial charge in [0.2, 0.25) is 0 Å². The van der Waals surface area contributed by atoms with Crippen molar-refractivity contribution in [3.63, 3.8) is 0 Å². The Bertz CT molecular complexity index is 1120. The van der Waals surface area contributed by atoms with Crippen LogP contribution in [0.15, 0.2) is 71.8 Å². The molecule has 0 radical (unpaired) electrons. The van der Waals surface area contributed by atoms with Crippen LogP contribution >= 0.6 is 11.6 Å². The highest BCUT2D eigenvalue weighted by atomic mass is 35.5. The first-order valence-corrected chi connectivity index (χ1v) is 10.4. The zero-order valence-corrected chi connectivity index (χ0v) is 16.3. The maximum atomic E-state index is 11.8. The van der Waals surface area contributed by atoms with E-state index in [9.17, 15) is 18.5 Å². The number of nitro benzene ring substituents is 1. The number of hydrogen-bond donors (Lipinski definition) is 1. The lowest BCUT2D eigenvalue weighted by Crippen LogP contribution is -2.15. The second-order valence-corrected chi connectivity index (χ2v) is 8.55. The van der Waals surface area contributed by atoms with E-state index in [0.717, 1.165) is 17.9 Å². The quantitative estimate of drug-likeness (QED) is 0.475. The summed E-state index contributed by atoms with van der Waals surface area (Å²) < 4.78 is 23.5. The van der Waals surface area contributed by atoms with E-state index < -0.39 is 20.8 Å². The molecule has 0 bridgehead atoms. The fourth-order valence-corrected chi connectivity index (χ4v) is 3.57. The number of benzene rings is 2.